The highest BCUT2D eigenvalue weighted by Gasteiger charge is 2.23. The van der Waals surface area contributed by atoms with Gasteiger partial charge in [-0.05, 0) is 37.8 Å². The Hall–Kier alpha value is -2.15. The summed E-state index contributed by atoms with van der Waals surface area (Å²) in [5.74, 6) is 0.635. The number of nitrogen functional groups attached to an aromatic ring is 1. The maximum atomic E-state index is 12.6. The Bertz CT molecular complexity index is 685. The number of aromatic nitrogens is 2. The Morgan fingerprint density at radius 3 is 2.92 bits per heavy atom. The number of nitrogens with one attached hydrogen (secondary N) is 1. The lowest BCUT2D eigenvalue weighted by molar-refractivity contribution is 0.0766. The van der Waals surface area contributed by atoms with Gasteiger partial charge >= 0.3 is 0 Å². The molecule has 6 nitrogen and oxygen atoms in total. The molecule has 0 aliphatic carbocycles. The summed E-state index contributed by atoms with van der Waals surface area (Å²) < 4.78 is 0. The number of carbonyl (C=O) groups excluding carboxylic acids is 1. The van der Waals surface area contributed by atoms with Crippen LogP contribution in [0.5, 0.6) is 0 Å². The van der Waals surface area contributed by atoms with Crippen molar-refractivity contribution in [3.63, 3.8) is 0 Å². The van der Waals surface area contributed by atoms with Gasteiger partial charge in [-0.25, -0.2) is 9.97 Å². The van der Waals surface area contributed by atoms with Crippen LogP contribution in [-0.2, 0) is 6.42 Å². The SMILES string of the molecule is CCc1ncc(C(=O)N2CCC[C@H](Nc3ccc(N)nc3)CC2)s1. The standard InChI is InChI=1S/C17H23N5OS/c1-2-16-20-11-14(24-16)17(23)22-8-3-4-12(7-9-22)21-13-5-6-15(18)19-10-13/h5-6,10-12,21H,2-4,7-9H2,1H3,(H2,18,19)/t12-/m0/s1. The minimum absolute atomic E-state index is 0.113. The second kappa shape index (κ2) is 7.61. The topological polar surface area (TPSA) is 84.1 Å². The zero-order valence-electron chi connectivity index (χ0n) is 13.9. The molecule has 1 aliphatic rings. The molecule has 3 rings (SSSR count). The highest BCUT2D eigenvalue weighted by Crippen LogP contribution is 2.20. The van der Waals surface area contributed by atoms with Gasteiger partial charge in [0, 0.05) is 19.1 Å². The number of amides is 1. The van der Waals surface area contributed by atoms with E-state index in [1.165, 1.54) is 11.3 Å². The number of likely N-dealkylation sites (tertiary alicyclic amines) is 1. The van der Waals surface area contributed by atoms with Gasteiger partial charge in [-0.3, -0.25) is 4.79 Å². The summed E-state index contributed by atoms with van der Waals surface area (Å²) in [5, 5.41) is 4.51. The molecule has 2 aromatic rings. The van der Waals surface area contributed by atoms with Crippen LogP contribution in [0.1, 0.15) is 40.9 Å². The maximum absolute atomic E-state index is 12.6. The van der Waals surface area contributed by atoms with Gasteiger partial charge in [-0.1, -0.05) is 6.92 Å². The molecule has 7 heteroatoms. The monoisotopic (exact) mass is 345 g/mol. The van der Waals surface area contributed by atoms with E-state index in [2.05, 4.69) is 22.2 Å². The Balaban J connectivity index is 1.58. The third-order valence-corrected chi connectivity index (χ3v) is 5.37. The smallest absolute Gasteiger partial charge is 0.265 e. The van der Waals surface area contributed by atoms with E-state index in [0.717, 1.165) is 54.3 Å². The predicted molar refractivity (Wildman–Crippen MR) is 97.3 cm³/mol. The molecule has 0 unspecified atom stereocenters. The predicted octanol–water partition coefficient (Wildman–Crippen LogP) is 2.79. The average molecular weight is 345 g/mol. The van der Waals surface area contributed by atoms with Crippen LogP contribution in [0, 0.1) is 0 Å². The number of aryl methyl sites for hydroxylation is 1. The summed E-state index contributed by atoms with van der Waals surface area (Å²) in [4.78, 5) is 23.7. The van der Waals surface area contributed by atoms with Crippen LogP contribution in [0.3, 0.4) is 0 Å². The fourth-order valence-electron chi connectivity index (χ4n) is 2.90. The van der Waals surface area contributed by atoms with E-state index in [1.54, 1.807) is 18.5 Å². The largest absolute Gasteiger partial charge is 0.384 e. The van der Waals surface area contributed by atoms with Crippen LogP contribution in [-0.4, -0.2) is 39.9 Å². The van der Waals surface area contributed by atoms with Gasteiger partial charge in [0.25, 0.3) is 5.91 Å². The molecule has 0 saturated carbocycles. The van der Waals surface area contributed by atoms with E-state index in [9.17, 15) is 4.79 Å². The first-order valence-corrected chi connectivity index (χ1v) is 9.19. The van der Waals surface area contributed by atoms with E-state index >= 15 is 0 Å². The quantitative estimate of drug-likeness (QED) is 0.890. The Morgan fingerprint density at radius 1 is 1.33 bits per heavy atom. The third-order valence-electron chi connectivity index (χ3n) is 4.24. The maximum Gasteiger partial charge on any atom is 0.265 e. The molecule has 3 heterocycles. The Kier molecular flexibility index (Phi) is 5.30. The molecule has 0 radical (unpaired) electrons. The number of pyridine rings is 1. The van der Waals surface area contributed by atoms with Crippen molar-refractivity contribution >= 4 is 28.7 Å². The number of anilines is 2. The van der Waals surface area contributed by atoms with Crippen molar-refractivity contribution < 1.29 is 4.79 Å². The van der Waals surface area contributed by atoms with Crippen LogP contribution in [0.25, 0.3) is 0 Å². The highest BCUT2D eigenvalue weighted by atomic mass is 32.1. The van der Waals surface area contributed by atoms with Gasteiger partial charge < -0.3 is 16.0 Å². The van der Waals surface area contributed by atoms with Gasteiger partial charge in [0.1, 0.15) is 10.7 Å². The Labute approximate surface area is 146 Å². The number of nitrogens with two attached hydrogens (primary N) is 1. The summed E-state index contributed by atoms with van der Waals surface area (Å²) in [6, 6.07) is 4.09. The Morgan fingerprint density at radius 2 is 2.21 bits per heavy atom. The molecule has 1 aliphatic heterocycles. The average Bonchev–Trinajstić information content (AvgIpc) is 2.96. The zero-order valence-corrected chi connectivity index (χ0v) is 14.7. The van der Waals surface area contributed by atoms with Crippen LogP contribution < -0.4 is 11.1 Å². The van der Waals surface area contributed by atoms with Gasteiger partial charge in [0.15, 0.2) is 0 Å². The molecule has 0 spiro atoms. The second-order valence-corrected chi connectivity index (χ2v) is 7.12. The number of nitrogens with zero attached hydrogens (tertiary/aromatic N) is 3. The summed E-state index contributed by atoms with van der Waals surface area (Å²) in [6.07, 6.45) is 7.30. The highest BCUT2D eigenvalue weighted by molar-refractivity contribution is 7.13. The molecule has 0 bridgehead atoms. The van der Waals surface area contributed by atoms with Crippen molar-refractivity contribution in [1.82, 2.24) is 14.9 Å². The zero-order chi connectivity index (χ0) is 16.9. The molecule has 0 aromatic carbocycles. The molecule has 2 aromatic heterocycles. The van der Waals surface area contributed by atoms with Gasteiger partial charge in [0.05, 0.1) is 23.1 Å². The number of rotatable bonds is 4. The molecule has 128 valence electrons. The molecule has 1 atom stereocenters. The van der Waals surface area contributed by atoms with E-state index < -0.39 is 0 Å². The number of hydrogen-bond acceptors (Lipinski definition) is 6. The first kappa shape index (κ1) is 16.7. The first-order valence-electron chi connectivity index (χ1n) is 8.37. The molecular weight excluding hydrogens is 322 g/mol. The van der Waals surface area contributed by atoms with Gasteiger partial charge in [-0.15, -0.1) is 11.3 Å². The fourth-order valence-corrected chi connectivity index (χ4v) is 3.72. The van der Waals surface area contributed by atoms with Crippen molar-refractivity contribution in [2.45, 2.75) is 38.6 Å². The third kappa shape index (κ3) is 4.03. The lowest BCUT2D eigenvalue weighted by atomic mass is 10.1. The van der Waals surface area contributed by atoms with E-state index in [0.29, 0.717) is 11.9 Å². The van der Waals surface area contributed by atoms with Crippen LogP contribution in [0.2, 0.25) is 0 Å². The van der Waals surface area contributed by atoms with Crippen molar-refractivity contribution in [3.05, 3.63) is 34.4 Å². The van der Waals surface area contributed by atoms with Crippen LogP contribution >= 0.6 is 11.3 Å². The summed E-state index contributed by atoms with van der Waals surface area (Å²) >= 11 is 1.51. The minimum Gasteiger partial charge on any atom is -0.384 e. The lowest BCUT2D eigenvalue weighted by Crippen LogP contribution is -2.32. The van der Waals surface area contributed by atoms with Crippen molar-refractivity contribution in [1.29, 1.82) is 0 Å². The lowest BCUT2D eigenvalue weighted by Gasteiger charge is -2.20. The molecule has 1 saturated heterocycles. The van der Waals surface area contributed by atoms with E-state index in [4.69, 9.17) is 5.73 Å². The van der Waals surface area contributed by atoms with Crippen LogP contribution in [0.4, 0.5) is 11.5 Å². The molecule has 3 N–H and O–H groups in total. The number of hydrogen-bond donors (Lipinski definition) is 2. The molecule has 1 amide bonds. The van der Waals surface area contributed by atoms with Crippen molar-refractivity contribution in [2.75, 3.05) is 24.1 Å². The summed E-state index contributed by atoms with van der Waals surface area (Å²) in [6.45, 7) is 3.62. The van der Waals surface area contributed by atoms with Gasteiger partial charge in [0.2, 0.25) is 0 Å². The fraction of sp³-hybridized carbons (Fsp3) is 0.471. The van der Waals surface area contributed by atoms with Crippen molar-refractivity contribution in [3.8, 4) is 0 Å². The minimum atomic E-state index is 0.113. The summed E-state index contributed by atoms with van der Waals surface area (Å²) in [7, 11) is 0. The molecule has 24 heavy (non-hydrogen) atoms. The molecule has 1 fully saturated rings. The van der Waals surface area contributed by atoms with Gasteiger partial charge in [-0.2, -0.15) is 0 Å². The number of carbonyl (C=O) groups is 1. The summed E-state index contributed by atoms with van der Waals surface area (Å²) in [5.41, 5.74) is 6.59. The second-order valence-electron chi connectivity index (χ2n) is 6.01. The van der Waals surface area contributed by atoms with E-state index in [1.807, 2.05) is 11.0 Å². The van der Waals surface area contributed by atoms with E-state index in [-0.39, 0.29) is 5.91 Å². The molecular formula is C17H23N5OS. The normalized spacial score (nSPS) is 18.2. The first-order chi connectivity index (χ1) is 11.7. The van der Waals surface area contributed by atoms with Crippen molar-refractivity contribution in [2.24, 2.45) is 0 Å². The van der Waals surface area contributed by atoms with Crippen LogP contribution in [0.15, 0.2) is 24.5 Å². The number of thiazole rings is 1.